The fourth-order valence-electron chi connectivity index (χ4n) is 3.00. The van der Waals surface area contributed by atoms with Crippen molar-refractivity contribution in [3.05, 3.63) is 59.5 Å². The zero-order valence-electron chi connectivity index (χ0n) is 14.3. The highest BCUT2D eigenvalue weighted by Crippen LogP contribution is 2.30. The number of hydrogen-bond acceptors (Lipinski definition) is 3. The van der Waals surface area contributed by atoms with Gasteiger partial charge in [-0.1, -0.05) is 12.2 Å². The summed E-state index contributed by atoms with van der Waals surface area (Å²) < 4.78 is 44.1. The zero-order chi connectivity index (χ0) is 18.9. The average molecular weight is 363 g/mol. The maximum Gasteiger partial charge on any atom is 0.338 e. The molecule has 0 radical (unpaired) electrons. The number of halogens is 3. The number of rotatable bonds is 6. The maximum atomic E-state index is 13.2. The molecule has 26 heavy (non-hydrogen) atoms. The molecule has 0 atom stereocenters. The molecule has 138 valence electrons. The van der Waals surface area contributed by atoms with Crippen molar-refractivity contribution in [2.75, 3.05) is 0 Å². The topological polar surface area (TPSA) is 50.1 Å². The van der Waals surface area contributed by atoms with Crippen molar-refractivity contribution in [1.82, 2.24) is 0 Å². The molecule has 0 aromatic heterocycles. The molecule has 0 N–H and O–H groups in total. The van der Waals surface area contributed by atoms with Gasteiger partial charge in [-0.25, -0.2) is 13.6 Å². The number of carbonyl (C=O) groups is 1. The number of carbonyl (C=O) groups excluding carboxylic acids is 1. The molecule has 2 rings (SSSR count). The summed E-state index contributed by atoms with van der Waals surface area (Å²) in [5, 5.41) is 8.28. The average Bonchev–Trinajstić information content (AvgIpc) is 2.64. The third-order valence-electron chi connectivity index (χ3n) is 4.45. The molecule has 0 bridgehead atoms. The fourth-order valence-corrected chi connectivity index (χ4v) is 3.00. The van der Waals surface area contributed by atoms with Crippen LogP contribution in [0.1, 0.15) is 48.9 Å². The van der Waals surface area contributed by atoms with Crippen LogP contribution >= 0.6 is 0 Å². The van der Waals surface area contributed by atoms with Crippen LogP contribution in [-0.2, 0) is 4.74 Å². The van der Waals surface area contributed by atoms with Crippen LogP contribution in [0.4, 0.5) is 13.2 Å². The second-order valence-electron chi connectivity index (χ2n) is 6.31. The lowest BCUT2D eigenvalue weighted by molar-refractivity contribution is 0.0162. The van der Waals surface area contributed by atoms with E-state index in [4.69, 9.17) is 10.00 Å². The van der Waals surface area contributed by atoms with Crippen molar-refractivity contribution in [2.24, 2.45) is 5.92 Å². The minimum absolute atomic E-state index is 0.00816. The predicted octanol–water partition coefficient (Wildman–Crippen LogP) is 5.39. The van der Waals surface area contributed by atoms with E-state index >= 15 is 0 Å². The van der Waals surface area contributed by atoms with Gasteiger partial charge in [-0.3, -0.25) is 0 Å². The highest BCUT2D eigenvalue weighted by molar-refractivity contribution is 5.89. The number of esters is 1. The van der Waals surface area contributed by atoms with Crippen molar-refractivity contribution in [3.8, 4) is 6.07 Å². The summed E-state index contributed by atoms with van der Waals surface area (Å²) in [5.74, 6) is -3.02. The first-order valence-corrected chi connectivity index (χ1v) is 8.58. The Bertz CT molecular complexity index is 729. The molecule has 0 unspecified atom stereocenters. The summed E-state index contributed by atoms with van der Waals surface area (Å²) in [4.78, 5) is 12.0. The summed E-state index contributed by atoms with van der Waals surface area (Å²) in [5.41, 5.74) is 0.00816. The molecule has 1 saturated carbocycles. The van der Waals surface area contributed by atoms with Crippen molar-refractivity contribution < 1.29 is 22.7 Å². The van der Waals surface area contributed by atoms with E-state index in [2.05, 4.69) is 0 Å². The molecule has 6 heteroatoms. The molecule has 1 aliphatic rings. The van der Waals surface area contributed by atoms with Crippen LogP contribution in [0.15, 0.2) is 42.3 Å². The number of allylic oxidation sites excluding steroid dienone is 4. The monoisotopic (exact) mass is 363 g/mol. The standard InChI is InChI=1S/C20H20F3NO2/c21-16(13-24)5-3-1-2-4-14-6-9-17(10-7-14)26-20(25)15-8-11-18(22)19(23)12-15/h1,3,5,8,11-12,14,17H,2,4,6-7,9-10H2/b3-1+,16-5?. The molecule has 0 spiro atoms. The number of nitriles is 1. The molecule has 0 heterocycles. The largest absolute Gasteiger partial charge is 0.459 e. The van der Waals surface area contributed by atoms with Crippen LogP contribution in [0.5, 0.6) is 0 Å². The minimum Gasteiger partial charge on any atom is -0.459 e. The second-order valence-corrected chi connectivity index (χ2v) is 6.31. The van der Waals surface area contributed by atoms with Gasteiger partial charge in [0.1, 0.15) is 12.2 Å². The molecule has 3 nitrogen and oxygen atoms in total. The van der Waals surface area contributed by atoms with E-state index in [1.807, 2.05) is 6.08 Å². The van der Waals surface area contributed by atoms with Crippen molar-refractivity contribution in [3.63, 3.8) is 0 Å². The molecular weight excluding hydrogens is 343 g/mol. The quantitative estimate of drug-likeness (QED) is 0.387. The molecule has 0 aliphatic heterocycles. The maximum absolute atomic E-state index is 13.2. The third-order valence-corrected chi connectivity index (χ3v) is 4.45. The van der Waals surface area contributed by atoms with Gasteiger partial charge in [-0.2, -0.15) is 9.65 Å². The third kappa shape index (κ3) is 6.07. The van der Waals surface area contributed by atoms with Gasteiger partial charge in [0.25, 0.3) is 0 Å². The van der Waals surface area contributed by atoms with E-state index in [1.54, 1.807) is 0 Å². The van der Waals surface area contributed by atoms with E-state index in [-0.39, 0.29) is 11.7 Å². The van der Waals surface area contributed by atoms with E-state index in [0.29, 0.717) is 5.92 Å². The Kier molecular flexibility index (Phi) is 7.46. The Morgan fingerprint density at radius 2 is 1.96 bits per heavy atom. The summed E-state index contributed by atoms with van der Waals surface area (Å²) in [6.07, 6.45) is 9.29. The van der Waals surface area contributed by atoms with E-state index < -0.39 is 23.4 Å². The summed E-state index contributed by atoms with van der Waals surface area (Å²) in [7, 11) is 0. The number of nitrogens with zero attached hydrogens (tertiary/aromatic N) is 1. The van der Waals surface area contributed by atoms with Crippen LogP contribution < -0.4 is 0 Å². The van der Waals surface area contributed by atoms with E-state index in [1.165, 1.54) is 18.2 Å². The molecule has 0 saturated heterocycles. The molecular formula is C20H20F3NO2. The van der Waals surface area contributed by atoms with Crippen LogP contribution in [0.25, 0.3) is 0 Å². The molecule has 0 amide bonds. The lowest BCUT2D eigenvalue weighted by Gasteiger charge is -2.28. The normalized spacial score (nSPS) is 20.8. The number of hydrogen-bond donors (Lipinski definition) is 0. The first-order valence-electron chi connectivity index (χ1n) is 8.58. The van der Waals surface area contributed by atoms with Gasteiger partial charge in [0.05, 0.1) is 5.56 Å². The van der Waals surface area contributed by atoms with Gasteiger partial charge in [-0.05, 0) is 68.7 Å². The predicted molar refractivity (Wildman–Crippen MR) is 90.7 cm³/mol. The SMILES string of the molecule is N#CC(F)=C/C=C/CCC1CCC(OC(=O)c2ccc(F)c(F)c2)CC1. The summed E-state index contributed by atoms with van der Waals surface area (Å²) >= 11 is 0. The highest BCUT2D eigenvalue weighted by Gasteiger charge is 2.24. The Morgan fingerprint density at radius 1 is 1.23 bits per heavy atom. The van der Waals surface area contributed by atoms with Gasteiger partial charge in [0.2, 0.25) is 0 Å². The molecule has 1 aliphatic carbocycles. The minimum atomic E-state index is -1.07. The van der Waals surface area contributed by atoms with E-state index in [0.717, 1.165) is 56.7 Å². The first-order chi connectivity index (χ1) is 12.5. The van der Waals surface area contributed by atoms with Crippen LogP contribution in [0.3, 0.4) is 0 Å². The summed E-state index contributed by atoms with van der Waals surface area (Å²) in [6, 6.07) is 4.37. The Morgan fingerprint density at radius 3 is 2.62 bits per heavy atom. The smallest absolute Gasteiger partial charge is 0.338 e. The van der Waals surface area contributed by atoms with Gasteiger partial charge in [0, 0.05) is 0 Å². The highest BCUT2D eigenvalue weighted by atomic mass is 19.2. The van der Waals surface area contributed by atoms with Crippen molar-refractivity contribution >= 4 is 5.97 Å². The Balaban J connectivity index is 1.72. The van der Waals surface area contributed by atoms with Gasteiger partial charge < -0.3 is 4.74 Å². The molecule has 1 fully saturated rings. The van der Waals surface area contributed by atoms with Crippen molar-refractivity contribution in [1.29, 1.82) is 5.26 Å². The van der Waals surface area contributed by atoms with E-state index in [9.17, 15) is 18.0 Å². The van der Waals surface area contributed by atoms with Crippen molar-refractivity contribution in [2.45, 2.75) is 44.6 Å². The number of benzene rings is 1. The Hall–Kier alpha value is -2.55. The van der Waals surface area contributed by atoms with Gasteiger partial charge in [0.15, 0.2) is 17.5 Å². The molecule has 1 aromatic carbocycles. The number of ether oxygens (including phenoxy) is 1. The lowest BCUT2D eigenvalue weighted by Crippen LogP contribution is -2.24. The lowest BCUT2D eigenvalue weighted by atomic mass is 9.84. The van der Waals surface area contributed by atoms with Crippen LogP contribution in [-0.4, -0.2) is 12.1 Å². The first kappa shape index (κ1) is 19.8. The van der Waals surface area contributed by atoms with Crippen LogP contribution in [0, 0.1) is 28.9 Å². The van der Waals surface area contributed by atoms with Crippen LogP contribution in [0.2, 0.25) is 0 Å². The second kappa shape index (κ2) is 9.81. The summed E-state index contributed by atoms with van der Waals surface area (Å²) in [6.45, 7) is 0. The Labute approximate surface area is 150 Å². The zero-order valence-corrected chi connectivity index (χ0v) is 14.3. The molecule has 1 aromatic rings. The fraction of sp³-hybridized carbons (Fsp3) is 0.400. The van der Waals surface area contributed by atoms with Gasteiger partial charge in [-0.15, -0.1) is 0 Å². The van der Waals surface area contributed by atoms with Gasteiger partial charge >= 0.3 is 5.97 Å².